The molecule has 0 aliphatic heterocycles. The first kappa shape index (κ1) is 26.9. The van der Waals surface area contributed by atoms with Crippen LogP contribution in [0, 0.1) is 0 Å². The predicted molar refractivity (Wildman–Crippen MR) is 143 cm³/mol. The van der Waals surface area contributed by atoms with Crippen molar-refractivity contribution in [3.05, 3.63) is 144 Å². The van der Waals surface area contributed by atoms with Crippen LogP contribution in [0.5, 0.6) is 0 Å². The van der Waals surface area contributed by atoms with Crippen LogP contribution in [0.25, 0.3) is 0 Å². The Balaban J connectivity index is 0.000000213. The van der Waals surface area contributed by atoms with E-state index in [-0.39, 0.29) is 0 Å². The van der Waals surface area contributed by atoms with Gasteiger partial charge in [-0.3, -0.25) is 0 Å². The Kier molecular flexibility index (Phi) is 15.7. The lowest BCUT2D eigenvalue weighted by Crippen LogP contribution is -1.73. The minimum absolute atomic E-state index is 1.14. The highest BCUT2D eigenvalue weighted by Crippen LogP contribution is 1.99. The average molecular weight is 425 g/mol. The molecule has 0 saturated heterocycles. The van der Waals surface area contributed by atoms with E-state index in [0.29, 0.717) is 0 Å². The molecule has 0 radical (unpaired) electrons. The maximum atomic E-state index is 2.16. The largest absolute Gasteiger partial charge is 0.0622 e. The highest BCUT2D eigenvalue weighted by Gasteiger charge is 1.82. The van der Waals surface area contributed by atoms with Crippen molar-refractivity contribution in [1.82, 2.24) is 0 Å². The van der Waals surface area contributed by atoms with Gasteiger partial charge in [-0.05, 0) is 47.9 Å². The van der Waals surface area contributed by atoms with Crippen LogP contribution >= 0.6 is 0 Å². The van der Waals surface area contributed by atoms with E-state index in [1.807, 2.05) is 24.3 Å². The Morgan fingerprint density at radius 3 is 0.531 bits per heavy atom. The zero-order valence-corrected chi connectivity index (χ0v) is 20.4. The molecule has 0 aliphatic rings. The third-order valence-electron chi connectivity index (χ3n) is 5.00. The smallest absolute Gasteiger partial charge is 0.0307 e. The van der Waals surface area contributed by atoms with Crippen molar-refractivity contribution in [2.24, 2.45) is 0 Å². The molecule has 0 aromatic heterocycles. The molecule has 0 fully saturated rings. The lowest BCUT2D eigenvalue weighted by atomic mass is 10.2. The van der Waals surface area contributed by atoms with Gasteiger partial charge in [-0.2, -0.15) is 0 Å². The van der Waals surface area contributed by atoms with Crippen LogP contribution in [-0.4, -0.2) is 0 Å². The van der Waals surface area contributed by atoms with Crippen LogP contribution in [0.15, 0.2) is 121 Å². The summed E-state index contributed by atoms with van der Waals surface area (Å²) in [4.78, 5) is 0. The summed E-state index contributed by atoms with van der Waals surface area (Å²) in [6.07, 6.45) is 4.56. The van der Waals surface area contributed by atoms with Crippen LogP contribution in [-0.2, 0) is 25.7 Å². The Morgan fingerprint density at radius 1 is 0.281 bits per heavy atom. The van der Waals surface area contributed by atoms with Crippen LogP contribution in [0.1, 0.15) is 49.9 Å². The number of hydrogen-bond donors (Lipinski definition) is 0. The van der Waals surface area contributed by atoms with Gasteiger partial charge in [0.2, 0.25) is 0 Å². The van der Waals surface area contributed by atoms with E-state index < -0.39 is 0 Å². The lowest BCUT2D eigenvalue weighted by molar-refractivity contribution is 1.14. The van der Waals surface area contributed by atoms with Gasteiger partial charge in [-0.25, -0.2) is 0 Å². The topological polar surface area (TPSA) is 0 Å². The normalized spacial score (nSPS) is 9.12. The summed E-state index contributed by atoms with van der Waals surface area (Å²) < 4.78 is 0. The summed E-state index contributed by atoms with van der Waals surface area (Å²) in [6.45, 7) is 8.65. The minimum atomic E-state index is 1.14. The SMILES string of the molecule is CCc1ccccc1.CCc1ccccc1.CCc1ccccc1.CCc1ccccc1. The van der Waals surface area contributed by atoms with Gasteiger partial charge in [0.05, 0.1) is 0 Å². The van der Waals surface area contributed by atoms with Crippen molar-refractivity contribution in [3.8, 4) is 0 Å². The van der Waals surface area contributed by atoms with E-state index >= 15 is 0 Å². The maximum absolute atomic E-state index is 2.16. The Morgan fingerprint density at radius 2 is 0.438 bits per heavy atom. The third kappa shape index (κ3) is 13.2. The molecule has 4 aromatic carbocycles. The molecule has 0 bridgehead atoms. The van der Waals surface area contributed by atoms with Gasteiger partial charge in [0.1, 0.15) is 0 Å². The molecule has 0 heteroatoms. The van der Waals surface area contributed by atoms with Gasteiger partial charge in [0.15, 0.2) is 0 Å². The zero-order valence-electron chi connectivity index (χ0n) is 20.4. The maximum Gasteiger partial charge on any atom is -0.0307 e. The Hall–Kier alpha value is -3.12. The standard InChI is InChI=1S/4C8H10/c4*1-2-8-6-4-3-5-7-8/h4*3-7H,2H2,1H3. The summed E-state index contributed by atoms with van der Waals surface area (Å²) >= 11 is 0. The van der Waals surface area contributed by atoms with E-state index in [4.69, 9.17) is 0 Å². The Bertz CT molecular complexity index is 724. The van der Waals surface area contributed by atoms with Crippen LogP contribution < -0.4 is 0 Å². The van der Waals surface area contributed by atoms with Gasteiger partial charge in [-0.1, -0.05) is 149 Å². The first-order valence-electron chi connectivity index (χ1n) is 11.9. The van der Waals surface area contributed by atoms with Gasteiger partial charge in [-0.15, -0.1) is 0 Å². The van der Waals surface area contributed by atoms with Crippen LogP contribution in [0.2, 0.25) is 0 Å². The monoisotopic (exact) mass is 424 g/mol. The van der Waals surface area contributed by atoms with Gasteiger partial charge >= 0.3 is 0 Å². The summed E-state index contributed by atoms with van der Waals surface area (Å²) in [6, 6.07) is 41.8. The van der Waals surface area contributed by atoms with Crippen molar-refractivity contribution < 1.29 is 0 Å². The molecule has 0 heterocycles. The number of rotatable bonds is 4. The van der Waals surface area contributed by atoms with Gasteiger partial charge in [0, 0.05) is 0 Å². The molecule has 32 heavy (non-hydrogen) atoms. The molecule has 0 amide bonds. The molecule has 4 aromatic rings. The van der Waals surface area contributed by atoms with Crippen molar-refractivity contribution in [3.63, 3.8) is 0 Å². The second kappa shape index (κ2) is 18.6. The van der Waals surface area contributed by atoms with Crippen LogP contribution in [0.4, 0.5) is 0 Å². The molecule has 0 nitrogen and oxygen atoms in total. The molecule has 0 spiro atoms. The van der Waals surface area contributed by atoms with E-state index in [1.54, 1.807) is 0 Å². The first-order valence-corrected chi connectivity index (χ1v) is 11.9. The van der Waals surface area contributed by atoms with Crippen molar-refractivity contribution in [2.45, 2.75) is 53.4 Å². The summed E-state index contributed by atoms with van der Waals surface area (Å²) in [5.74, 6) is 0. The highest BCUT2D eigenvalue weighted by molar-refractivity contribution is 5.15. The molecule has 0 saturated carbocycles. The summed E-state index contributed by atoms with van der Waals surface area (Å²) in [5.41, 5.74) is 5.64. The molecule has 4 rings (SSSR count). The molecule has 168 valence electrons. The average Bonchev–Trinajstić information content (AvgIpc) is 2.91. The van der Waals surface area contributed by atoms with Crippen molar-refractivity contribution >= 4 is 0 Å². The van der Waals surface area contributed by atoms with E-state index in [1.165, 1.54) is 22.3 Å². The van der Waals surface area contributed by atoms with Gasteiger partial charge < -0.3 is 0 Å². The predicted octanol–water partition coefficient (Wildman–Crippen LogP) is 9.00. The first-order chi connectivity index (χ1) is 15.7. The quantitative estimate of drug-likeness (QED) is 0.306. The van der Waals surface area contributed by atoms with E-state index in [9.17, 15) is 0 Å². The fourth-order valence-electron chi connectivity index (χ4n) is 2.85. The zero-order chi connectivity index (χ0) is 23.3. The highest BCUT2D eigenvalue weighted by atomic mass is 13.9. The minimum Gasteiger partial charge on any atom is -0.0622 e. The molecule has 0 atom stereocenters. The fourth-order valence-corrected chi connectivity index (χ4v) is 2.85. The lowest BCUT2D eigenvalue weighted by Gasteiger charge is -1.89. The van der Waals surface area contributed by atoms with E-state index in [0.717, 1.165) is 25.7 Å². The molecule has 0 aliphatic carbocycles. The summed E-state index contributed by atoms with van der Waals surface area (Å²) in [7, 11) is 0. The van der Waals surface area contributed by atoms with Crippen LogP contribution in [0.3, 0.4) is 0 Å². The second-order valence-corrected chi connectivity index (χ2v) is 7.36. The number of aryl methyl sites for hydroxylation is 4. The van der Waals surface area contributed by atoms with E-state index in [2.05, 4.69) is 125 Å². The molecular formula is C32H40. The molecule has 0 N–H and O–H groups in total. The molecule has 0 unspecified atom stereocenters. The van der Waals surface area contributed by atoms with Crippen molar-refractivity contribution in [2.75, 3.05) is 0 Å². The number of hydrogen-bond acceptors (Lipinski definition) is 0. The van der Waals surface area contributed by atoms with Crippen molar-refractivity contribution in [1.29, 1.82) is 0 Å². The Labute approximate surface area is 197 Å². The second-order valence-electron chi connectivity index (χ2n) is 7.36. The fraction of sp³-hybridized carbons (Fsp3) is 0.250. The third-order valence-corrected chi connectivity index (χ3v) is 5.00. The summed E-state index contributed by atoms with van der Waals surface area (Å²) in [5, 5.41) is 0. The molecular weight excluding hydrogens is 384 g/mol. The van der Waals surface area contributed by atoms with Gasteiger partial charge in [0.25, 0.3) is 0 Å². The number of benzene rings is 4.